The maximum Gasteiger partial charge on any atom is 0.270 e. The summed E-state index contributed by atoms with van der Waals surface area (Å²) in [5.41, 5.74) is 0.326. The number of aromatic nitrogens is 2. The largest absolute Gasteiger partial charge is 0.270 e. The second kappa shape index (κ2) is 4.82. The average molecular weight is 339 g/mol. The van der Waals surface area contributed by atoms with Crippen LogP contribution in [0.5, 0.6) is 0 Å². The summed E-state index contributed by atoms with van der Waals surface area (Å²) in [5, 5.41) is -0.311. The van der Waals surface area contributed by atoms with Gasteiger partial charge in [0.15, 0.2) is 0 Å². The lowest BCUT2D eigenvalue weighted by molar-refractivity contribution is 0.593. The van der Waals surface area contributed by atoms with E-state index in [2.05, 4.69) is 9.97 Å². The SMILES string of the molecule is CS(=O)(=O)c1nccc(-c2ccc(S(=O)(=O)Cl)s2)n1. The van der Waals surface area contributed by atoms with Crippen molar-refractivity contribution in [1.29, 1.82) is 0 Å². The van der Waals surface area contributed by atoms with Gasteiger partial charge in [0.2, 0.25) is 15.0 Å². The van der Waals surface area contributed by atoms with Gasteiger partial charge in [-0.2, -0.15) is 0 Å². The molecule has 0 bridgehead atoms. The summed E-state index contributed by atoms with van der Waals surface area (Å²) in [6, 6.07) is 4.34. The smallest absolute Gasteiger partial charge is 0.227 e. The molecule has 19 heavy (non-hydrogen) atoms. The third-order valence-electron chi connectivity index (χ3n) is 2.04. The Morgan fingerprint density at radius 2 is 1.84 bits per heavy atom. The fraction of sp³-hybridized carbons (Fsp3) is 0.111. The van der Waals surface area contributed by atoms with Gasteiger partial charge in [-0.3, -0.25) is 0 Å². The van der Waals surface area contributed by atoms with Crippen LogP contribution in [0, 0.1) is 0 Å². The van der Waals surface area contributed by atoms with Crippen molar-refractivity contribution in [2.75, 3.05) is 6.26 Å². The van der Waals surface area contributed by atoms with Gasteiger partial charge in [-0.05, 0) is 18.2 Å². The minimum Gasteiger partial charge on any atom is -0.227 e. The van der Waals surface area contributed by atoms with Crippen LogP contribution >= 0.6 is 22.0 Å². The first kappa shape index (κ1) is 14.4. The maximum atomic E-state index is 11.3. The van der Waals surface area contributed by atoms with E-state index in [1.165, 1.54) is 24.4 Å². The standard InChI is InChI=1S/C9H7ClN2O4S3/c1-18(13,14)9-11-5-4-6(12-9)7-2-3-8(17-7)19(10,15)16/h2-5H,1H3. The van der Waals surface area contributed by atoms with Crippen molar-refractivity contribution in [2.45, 2.75) is 9.37 Å². The van der Waals surface area contributed by atoms with Gasteiger partial charge in [-0.1, -0.05) is 0 Å². The predicted octanol–water partition coefficient (Wildman–Crippen LogP) is 1.54. The third kappa shape index (κ3) is 3.30. The topological polar surface area (TPSA) is 94.1 Å². The van der Waals surface area contributed by atoms with Gasteiger partial charge >= 0.3 is 0 Å². The fourth-order valence-corrected chi connectivity index (χ4v) is 3.81. The molecule has 0 radical (unpaired) electrons. The average Bonchev–Trinajstić information content (AvgIpc) is 2.77. The molecule has 0 unspecified atom stereocenters. The monoisotopic (exact) mass is 338 g/mol. The molecule has 102 valence electrons. The van der Waals surface area contributed by atoms with Gasteiger partial charge in [-0.15, -0.1) is 11.3 Å². The normalized spacial score (nSPS) is 12.5. The van der Waals surface area contributed by atoms with Crippen LogP contribution in [-0.2, 0) is 18.9 Å². The Morgan fingerprint density at radius 3 is 2.37 bits per heavy atom. The van der Waals surface area contributed by atoms with E-state index in [0.29, 0.717) is 10.6 Å². The van der Waals surface area contributed by atoms with Crippen molar-refractivity contribution in [3.05, 3.63) is 24.4 Å². The molecule has 0 saturated heterocycles. The molecule has 0 saturated carbocycles. The molecule has 2 aromatic heterocycles. The van der Waals surface area contributed by atoms with Gasteiger partial charge in [-0.25, -0.2) is 26.8 Å². The number of thiophene rings is 1. The zero-order valence-electron chi connectivity index (χ0n) is 9.44. The summed E-state index contributed by atoms with van der Waals surface area (Å²) in [4.78, 5) is 8.03. The van der Waals surface area contributed by atoms with Crippen LogP contribution in [0.4, 0.5) is 0 Å². The number of sulfone groups is 1. The molecule has 6 nitrogen and oxygen atoms in total. The van der Waals surface area contributed by atoms with E-state index in [0.717, 1.165) is 17.6 Å². The molecule has 2 heterocycles. The molecule has 0 N–H and O–H groups in total. The van der Waals surface area contributed by atoms with Gasteiger partial charge in [0, 0.05) is 23.1 Å². The Labute approximate surface area is 118 Å². The summed E-state index contributed by atoms with van der Waals surface area (Å²) in [6.07, 6.45) is 2.29. The van der Waals surface area contributed by atoms with E-state index < -0.39 is 18.9 Å². The van der Waals surface area contributed by atoms with Crippen LogP contribution in [-0.4, -0.2) is 33.1 Å². The predicted molar refractivity (Wildman–Crippen MR) is 71.5 cm³/mol. The first-order valence-corrected chi connectivity index (χ1v) is 9.77. The molecule has 0 aliphatic heterocycles. The Balaban J connectivity index is 2.52. The van der Waals surface area contributed by atoms with E-state index in [9.17, 15) is 16.8 Å². The maximum absolute atomic E-state index is 11.3. The lowest BCUT2D eigenvalue weighted by Gasteiger charge is -1.99. The molecule has 2 rings (SSSR count). The molecule has 0 atom stereocenters. The first-order chi connectivity index (χ1) is 8.68. The van der Waals surface area contributed by atoms with Crippen molar-refractivity contribution >= 4 is 40.9 Å². The Morgan fingerprint density at radius 1 is 1.16 bits per heavy atom. The molecular formula is C9H7ClN2O4S3. The van der Waals surface area contributed by atoms with Crippen molar-refractivity contribution in [1.82, 2.24) is 9.97 Å². The van der Waals surface area contributed by atoms with Gasteiger partial charge in [0.25, 0.3) is 9.05 Å². The van der Waals surface area contributed by atoms with E-state index in [-0.39, 0.29) is 9.37 Å². The van der Waals surface area contributed by atoms with Crippen molar-refractivity contribution in [2.24, 2.45) is 0 Å². The van der Waals surface area contributed by atoms with Gasteiger partial charge in [0.05, 0.1) is 10.6 Å². The van der Waals surface area contributed by atoms with Gasteiger partial charge in [0.1, 0.15) is 4.21 Å². The van der Waals surface area contributed by atoms with E-state index in [1.54, 1.807) is 0 Å². The minimum absolute atomic E-state index is 0.0244. The summed E-state index contributed by atoms with van der Waals surface area (Å²) in [5.74, 6) is 0. The summed E-state index contributed by atoms with van der Waals surface area (Å²) < 4.78 is 45.0. The van der Waals surface area contributed by atoms with Crippen LogP contribution in [0.2, 0.25) is 0 Å². The molecule has 0 aliphatic carbocycles. The highest BCUT2D eigenvalue weighted by atomic mass is 35.7. The third-order valence-corrected chi connectivity index (χ3v) is 6.10. The molecular weight excluding hydrogens is 332 g/mol. The van der Waals surface area contributed by atoms with Crippen LogP contribution in [0.1, 0.15) is 0 Å². The summed E-state index contributed by atoms with van der Waals surface area (Å²) >= 11 is 0.907. The number of hydrogen-bond acceptors (Lipinski definition) is 7. The molecule has 0 amide bonds. The summed E-state index contributed by atoms with van der Waals surface area (Å²) in [7, 11) is -2.10. The van der Waals surface area contributed by atoms with Crippen molar-refractivity contribution < 1.29 is 16.8 Å². The number of rotatable bonds is 3. The lowest BCUT2D eigenvalue weighted by atomic mass is 10.3. The molecule has 0 spiro atoms. The van der Waals surface area contributed by atoms with Crippen LogP contribution < -0.4 is 0 Å². The van der Waals surface area contributed by atoms with Crippen molar-refractivity contribution in [3.8, 4) is 10.6 Å². The first-order valence-electron chi connectivity index (χ1n) is 4.76. The molecule has 0 aromatic carbocycles. The zero-order valence-corrected chi connectivity index (χ0v) is 12.6. The van der Waals surface area contributed by atoms with Gasteiger partial charge < -0.3 is 0 Å². The second-order valence-corrected chi connectivity index (χ2v) is 9.34. The Bertz CT molecular complexity index is 827. The molecule has 2 aromatic rings. The van der Waals surface area contributed by atoms with E-state index >= 15 is 0 Å². The lowest BCUT2D eigenvalue weighted by Crippen LogP contribution is -2.03. The quantitative estimate of drug-likeness (QED) is 0.622. The Kier molecular flexibility index (Phi) is 3.65. The highest BCUT2D eigenvalue weighted by Crippen LogP contribution is 2.31. The highest BCUT2D eigenvalue weighted by molar-refractivity contribution is 8.15. The highest BCUT2D eigenvalue weighted by Gasteiger charge is 2.16. The fourth-order valence-electron chi connectivity index (χ4n) is 1.25. The zero-order chi connectivity index (χ0) is 14.3. The number of hydrogen-bond donors (Lipinski definition) is 0. The number of nitrogens with zero attached hydrogens (tertiary/aromatic N) is 2. The van der Waals surface area contributed by atoms with Crippen LogP contribution in [0.25, 0.3) is 10.6 Å². The molecule has 0 fully saturated rings. The number of halogens is 1. The van der Waals surface area contributed by atoms with Crippen LogP contribution in [0.15, 0.2) is 33.8 Å². The van der Waals surface area contributed by atoms with E-state index in [4.69, 9.17) is 10.7 Å². The van der Waals surface area contributed by atoms with Crippen LogP contribution in [0.3, 0.4) is 0 Å². The second-order valence-electron chi connectivity index (χ2n) is 3.55. The molecule has 10 heteroatoms. The summed E-state index contributed by atoms with van der Waals surface area (Å²) in [6.45, 7) is 0. The minimum atomic E-state index is -3.80. The van der Waals surface area contributed by atoms with Crippen molar-refractivity contribution in [3.63, 3.8) is 0 Å². The van der Waals surface area contributed by atoms with E-state index in [1.807, 2.05) is 0 Å². The molecule has 0 aliphatic rings. The Hall–Kier alpha value is -1.03.